The van der Waals surface area contributed by atoms with Crippen LogP contribution in [0.2, 0.25) is 0 Å². The highest BCUT2D eigenvalue weighted by Crippen LogP contribution is 2.27. The van der Waals surface area contributed by atoms with Crippen LogP contribution in [0.1, 0.15) is 48.5 Å². The SMILES string of the molecule is C=CCC[C@H](Cc1ccccc1)C(=O)O[C@@H](c1ccccc1)[C@H](COC)NC(=O)[C@@H](CC=C)CC(=O)N[C@H](CO)Cc1ccccc1. The van der Waals surface area contributed by atoms with Gasteiger partial charge in [-0.2, -0.15) is 0 Å². The van der Waals surface area contributed by atoms with E-state index in [0.717, 1.165) is 11.1 Å². The number of hydrogen-bond acceptors (Lipinski definition) is 6. The zero-order valence-electron chi connectivity index (χ0n) is 27.3. The van der Waals surface area contributed by atoms with Crippen molar-refractivity contribution >= 4 is 17.8 Å². The quantitative estimate of drug-likeness (QED) is 0.104. The molecule has 250 valence electrons. The summed E-state index contributed by atoms with van der Waals surface area (Å²) in [5.41, 5.74) is 2.70. The lowest BCUT2D eigenvalue weighted by molar-refractivity contribution is -0.158. The average Bonchev–Trinajstić information content (AvgIpc) is 3.09. The van der Waals surface area contributed by atoms with Crippen LogP contribution in [0.15, 0.2) is 116 Å². The van der Waals surface area contributed by atoms with Crippen LogP contribution in [-0.2, 0) is 36.7 Å². The van der Waals surface area contributed by atoms with Crippen LogP contribution in [-0.4, -0.2) is 55.3 Å². The van der Waals surface area contributed by atoms with E-state index in [-0.39, 0.29) is 37.9 Å². The second-order valence-electron chi connectivity index (χ2n) is 11.7. The molecule has 3 aromatic rings. The fourth-order valence-corrected chi connectivity index (χ4v) is 5.51. The average molecular weight is 641 g/mol. The van der Waals surface area contributed by atoms with Gasteiger partial charge in [-0.05, 0) is 48.8 Å². The molecule has 0 unspecified atom stereocenters. The minimum absolute atomic E-state index is 0.0608. The summed E-state index contributed by atoms with van der Waals surface area (Å²) in [5, 5.41) is 15.8. The molecule has 0 heterocycles. The normalized spacial score (nSPS) is 14.1. The number of amides is 2. The smallest absolute Gasteiger partial charge is 0.309 e. The summed E-state index contributed by atoms with van der Waals surface area (Å²) in [4.78, 5) is 40.6. The number of nitrogens with one attached hydrogen (secondary N) is 2. The fourth-order valence-electron chi connectivity index (χ4n) is 5.51. The number of ether oxygens (including phenoxy) is 2. The van der Waals surface area contributed by atoms with Gasteiger partial charge in [-0.1, -0.05) is 103 Å². The summed E-state index contributed by atoms with van der Waals surface area (Å²) in [6.45, 7) is 7.43. The maximum atomic E-state index is 13.8. The zero-order valence-corrected chi connectivity index (χ0v) is 27.3. The van der Waals surface area contributed by atoms with Gasteiger partial charge in [0.15, 0.2) is 0 Å². The molecule has 47 heavy (non-hydrogen) atoms. The first kappa shape index (κ1) is 36.9. The minimum atomic E-state index is -0.850. The summed E-state index contributed by atoms with van der Waals surface area (Å²) < 4.78 is 11.7. The maximum Gasteiger partial charge on any atom is 0.309 e. The van der Waals surface area contributed by atoms with Crippen molar-refractivity contribution in [1.29, 1.82) is 0 Å². The molecule has 5 atom stereocenters. The highest BCUT2D eigenvalue weighted by Gasteiger charge is 2.33. The number of esters is 1. The van der Waals surface area contributed by atoms with Gasteiger partial charge in [0.2, 0.25) is 11.8 Å². The standard InChI is InChI=1S/C39H48N2O6/c1-4-6-21-33(24-29-17-10-7-11-18-29)39(45)47-37(31-22-14-9-15-23-31)35(28-46-3)41-38(44)32(16-5-2)26-36(43)40-34(27-42)25-30-19-12-8-13-20-30/h4-5,7-15,17-20,22-23,32-35,37,42H,1-2,6,16,21,24-28H2,3H3,(H,40,43)(H,41,44)/t32-,33+,34-,35-,37-/m0/s1. The van der Waals surface area contributed by atoms with E-state index in [1.165, 1.54) is 7.11 Å². The van der Waals surface area contributed by atoms with Crippen molar-refractivity contribution in [3.8, 4) is 0 Å². The van der Waals surface area contributed by atoms with Crippen molar-refractivity contribution in [3.05, 3.63) is 133 Å². The van der Waals surface area contributed by atoms with Gasteiger partial charge in [0.05, 0.1) is 37.1 Å². The lowest BCUT2D eigenvalue weighted by Crippen LogP contribution is -2.47. The van der Waals surface area contributed by atoms with E-state index in [4.69, 9.17) is 9.47 Å². The third-order valence-electron chi connectivity index (χ3n) is 7.95. The molecule has 3 N–H and O–H groups in total. The maximum absolute atomic E-state index is 13.8. The molecule has 8 heteroatoms. The Morgan fingerprint density at radius 3 is 1.96 bits per heavy atom. The molecular formula is C39H48N2O6. The number of benzene rings is 3. The van der Waals surface area contributed by atoms with Crippen LogP contribution in [0.4, 0.5) is 0 Å². The van der Waals surface area contributed by atoms with Gasteiger partial charge in [-0.3, -0.25) is 14.4 Å². The molecular weight excluding hydrogens is 592 g/mol. The van der Waals surface area contributed by atoms with Gasteiger partial charge >= 0.3 is 5.97 Å². The number of aliphatic hydroxyl groups is 1. The van der Waals surface area contributed by atoms with Crippen molar-refractivity contribution in [3.63, 3.8) is 0 Å². The Bertz CT molecular complexity index is 1380. The van der Waals surface area contributed by atoms with Crippen LogP contribution < -0.4 is 10.6 Å². The van der Waals surface area contributed by atoms with Gasteiger partial charge in [0, 0.05) is 13.5 Å². The molecule has 2 amide bonds. The first-order chi connectivity index (χ1) is 22.9. The fraction of sp³-hybridized carbons (Fsp3) is 0.359. The molecule has 0 aromatic heterocycles. The number of methoxy groups -OCH3 is 1. The number of aliphatic hydroxyl groups excluding tert-OH is 1. The molecule has 0 aliphatic rings. The van der Waals surface area contributed by atoms with E-state index in [1.54, 1.807) is 12.2 Å². The first-order valence-electron chi connectivity index (χ1n) is 16.1. The molecule has 3 rings (SSSR count). The molecule has 0 radical (unpaired) electrons. The van der Waals surface area contributed by atoms with Crippen molar-refractivity contribution in [1.82, 2.24) is 10.6 Å². The number of allylic oxidation sites excluding steroid dienone is 2. The number of carbonyl (C=O) groups is 3. The van der Waals surface area contributed by atoms with E-state index in [2.05, 4.69) is 23.8 Å². The van der Waals surface area contributed by atoms with Gasteiger partial charge in [0.1, 0.15) is 6.10 Å². The van der Waals surface area contributed by atoms with E-state index in [0.29, 0.717) is 31.2 Å². The van der Waals surface area contributed by atoms with E-state index < -0.39 is 35.9 Å². The second kappa shape index (κ2) is 20.6. The summed E-state index contributed by atoms with van der Waals surface area (Å²) in [5.74, 6) is -2.30. The van der Waals surface area contributed by atoms with Crippen LogP contribution in [0, 0.1) is 11.8 Å². The Kier molecular flexibility index (Phi) is 16.2. The summed E-state index contributed by atoms with van der Waals surface area (Å²) in [6, 6.07) is 27.4. The van der Waals surface area contributed by atoms with Gasteiger partial charge in [0.25, 0.3) is 0 Å². The molecule has 0 aliphatic heterocycles. The van der Waals surface area contributed by atoms with Crippen LogP contribution >= 0.6 is 0 Å². The Morgan fingerprint density at radius 1 is 0.809 bits per heavy atom. The Morgan fingerprint density at radius 2 is 1.40 bits per heavy atom. The third kappa shape index (κ3) is 12.6. The van der Waals surface area contributed by atoms with Gasteiger partial charge in [-0.25, -0.2) is 0 Å². The second-order valence-corrected chi connectivity index (χ2v) is 11.7. The predicted molar refractivity (Wildman–Crippen MR) is 184 cm³/mol. The van der Waals surface area contributed by atoms with Crippen molar-refractivity contribution in [2.24, 2.45) is 11.8 Å². The van der Waals surface area contributed by atoms with Gasteiger partial charge < -0.3 is 25.2 Å². The molecule has 0 aliphatic carbocycles. The topological polar surface area (TPSA) is 114 Å². The Hall–Kier alpha value is -4.53. The number of rotatable bonds is 21. The molecule has 8 nitrogen and oxygen atoms in total. The lowest BCUT2D eigenvalue weighted by Gasteiger charge is -2.30. The first-order valence-corrected chi connectivity index (χ1v) is 16.1. The number of hydrogen-bond donors (Lipinski definition) is 3. The van der Waals surface area contributed by atoms with Crippen LogP contribution in [0.25, 0.3) is 0 Å². The van der Waals surface area contributed by atoms with E-state index >= 15 is 0 Å². The predicted octanol–water partition coefficient (Wildman–Crippen LogP) is 5.53. The van der Waals surface area contributed by atoms with Crippen molar-refractivity contribution in [2.45, 2.75) is 56.7 Å². The lowest BCUT2D eigenvalue weighted by atomic mass is 9.94. The summed E-state index contributed by atoms with van der Waals surface area (Å²) in [7, 11) is 1.52. The molecule has 0 bridgehead atoms. The highest BCUT2D eigenvalue weighted by atomic mass is 16.5. The molecule has 0 saturated heterocycles. The van der Waals surface area contributed by atoms with Crippen LogP contribution in [0.5, 0.6) is 0 Å². The molecule has 0 saturated carbocycles. The zero-order chi connectivity index (χ0) is 33.9. The summed E-state index contributed by atoms with van der Waals surface area (Å²) >= 11 is 0. The van der Waals surface area contributed by atoms with E-state index in [9.17, 15) is 19.5 Å². The third-order valence-corrected chi connectivity index (χ3v) is 7.95. The largest absolute Gasteiger partial charge is 0.455 e. The molecule has 3 aromatic carbocycles. The monoisotopic (exact) mass is 640 g/mol. The number of carbonyl (C=O) groups excluding carboxylic acids is 3. The Labute approximate surface area is 278 Å². The Balaban J connectivity index is 1.78. The van der Waals surface area contributed by atoms with Gasteiger partial charge in [-0.15, -0.1) is 13.2 Å². The van der Waals surface area contributed by atoms with E-state index in [1.807, 2.05) is 91.0 Å². The molecule has 0 fully saturated rings. The summed E-state index contributed by atoms with van der Waals surface area (Å²) in [6.07, 6.45) is 4.84. The van der Waals surface area contributed by atoms with Crippen molar-refractivity contribution < 1.29 is 29.0 Å². The highest BCUT2D eigenvalue weighted by molar-refractivity contribution is 5.86. The molecule has 0 spiro atoms. The van der Waals surface area contributed by atoms with Crippen LogP contribution in [0.3, 0.4) is 0 Å². The van der Waals surface area contributed by atoms with Crippen molar-refractivity contribution in [2.75, 3.05) is 20.3 Å². The minimum Gasteiger partial charge on any atom is -0.455 e.